The second kappa shape index (κ2) is 6.22. The first-order valence-electron chi connectivity index (χ1n) is 7.62. The van der Waals surface area contributed by atoms with Crippen LogP contribution in [0.15, 0.2) is 30.5 Å². The number of aromatic nitrogens is 1. The Bertz CT molecular complexity index is 687. The number of pyridine rings is 1. The fourth-order valence-electron chi connectivity index (χ4n) is 3.11. The van der Waals surface area contributed by atoms with Crippen LogP contribution in [0.3, 0.4) is 0 Å². The number of carbonyl (C=O) groups excluding carboxylic acids is 1. The van der Waals surface area contributed by atoms with E-state index in [1.54, 1.807) is 14.0 Å². The van der Waals surface area contributed by atoms with Crippen molar-refractivity contribution in [2.45, 2.75) is 25.8 Å². The summed E-state index contributed by atoms with van der Waals surface area (Å²) in [5.41, 5.74) is 2.11. The quantitative estimate of drug-likeness (QED) is 0.945. The van der Waals surface area contributed by atoms with Gasteiger partial charge in [-0.25, -0.2) is 0 Å². The summed E-state index contributed by atoms with van der Waals surface area (Å²) in [5.74, 6) is 0.866. The Morgan fingerprint density at radius 1 is 1.41 bits per heavy atom. The first-order valence-corrected chi connectivity index (χ1v) is 7.62. The van der Waals surface area contributed by atoms with Crippen molar-refractivity contribution in [2.75, 3.05) is 25.1 Å². The number of nitrogens with zero attached hydrogens (tertiary/aromatic N) is 2. The molecule has 0 aliphatic carbocycles. The number of fused-ring (bicyclic) bond motifs is 1. The summed E-state index contributed by atoms with van der Waals surface area (Å²) in [6, 6.07) is 8.18. The molecule has 0 spiro atoms. The molecule has 116 valence electrons. The minimum atomic E-state index is 0.0353. The molecule has 1 aliphatic heterocycles. The van der Waals surface area contributed by atoms with Crippen molar-refractivity contribution in [2.24, 2.45) is 0 Å². The number of hydrogen-bond acceptors (Lipinski definition) is 4. The third kappa shape index (κ3) is 2.98. The SMILES string of the molecule is COc1ccc2nccc(N3CCCC(NC(C)=O)C3)c2c1. The van der Waals surface area contributed by atoms with Crippen molar-refractivity contribution in [3.63, 3.8) is 0 Å². The number of hydrogen-bond donors (Lipinski definition) is 1. The molecule has 0 saturated carbocycles. The molecule has 1 aromatic carbocycles. The van der Waals surface area contributed by atoms with Crippen molar-refractivity contribution in [1.82, 2.24) is 10.3 Å². The van der Waals surface area contributed by atoms with Crippen molar-refractivity contribution < 1.29 is 9.53 Å². The molecule has 1 amide bonds. The van der Waals surface area contributed by atoms with E-state index < -0.39 is 0 Å². The Balaban J connectivity index is 1.93. The van der Waals surface area contributed by atoms with Crippen LogP contribution >= 0.6 is 0 Å². The molecule has 5 heteroatoms. The Morgan fingerprint density at radius 2 is 2.27 bits per heavy atom. The predicted molar refractivity (Wildman–Crippen MR) is 87.3 cm³/mol. The van der Waals surface area contributed by atoms with Crippen LogP contribution < -0.4 is 15.0 Å². The summed E-state index contributed by atoms with van der Waals surface area (Å²) in [6.07, 6.45) is 3.94. The highest BCUT2D eigenvalue weighted by Crippen LogP contribution is 2.30. The molecule has 0 radical (unpaired) electrons. The second-order valence-electron chi connectivity index (χ2n) is 5.70. The van der Waals surface area contributed by atoms with Gasteiger partial charge in [-0.05, 0) is 37.1 Å². The molecular formula is C17H21N3O2. The van der Waals surface area contributed by atoms with Gasteiger partial charge in [0.2, 0.25) is 5.91 Å². The summed E-state index contributed by atoms with van der Waals surface area (Å²) in [7, 11) is 1.67. The summed E-state index contributed by atoms with van der Waals surface area (Å²) >= 11 is 0. The molecule has 1 N–H and O–H groups in total. The average molecular weight is 299 g/mol. The number of methoxy groups -OCH3 is 1. The molecule has 1 aliphatic rings. The highest BCUT2D eigenvalue weighted by Gasteiger charge is 2.22. The maximum absolute atomic E-state index is 11.3. The normalized spacial score (nSPS) is 18.3. The molecule has 22 heavy (non-hydrogen) atoms. The Kier molecular flexibility index (Phi) is 4.13. The van der Waals surface area contributed by atoms with Gasteiger partial charge in [0.05, 0.1) is 12.6 Å². The molecular weight excluding hydrogens is 278 g/mol. The van der Waals surface area contributed by atoms with E-state index in [2.05, 4.69) is 15.2 Å². The lowest BCUT2D eigenvalue weighted by molar-refractivity contribution is -0.119. The number of nitrogens with one attached hydrogen (secondary N) is 1. The molecule has 1 fully saturated rings. The van der Waals surface area contributed by atoms with Crippen LogP contribution in [0, 0.1) is 0 Å². The standard InChI is InChI=1S/C17H21N3O2/c1-12(21)19-13-4-3-9-20(11-13)17-7-8-18-16-6-5-14(22-2)10-15(16)17/h5-8,10,13H,3-4,9,11H2,1-2H3,(H,19,21). The van der Waals surface area contributed by atoms with Crippen LogP contribution in [-0.2, 0) is 4.79 Å². The fraction of sp³-hybridized carbons (Fsp3) is 0.412. The van der Waals surface area contributed by atoms with E-state index in [-0.39, 0.29) is 11.9 Å². The lowest BCUT2D eigenvalue weighted by atomic mass is 10.0. The molecule has 2 heterocycles. The monoisotopic (exact) mass is 299 g/mol. The van der Waals surface area contributed by atoms with Gasteiger partial charge in [-0.2, -0.15) is 0 Å². The number of benzene rings is 1. The number of carbonyl (C=O) groups is 1. The zero-order chi connectivity index (χ0) is 15.5. The van der Waals surface area contributed by atoms with E-state index >= 15 is 0 Å². The molecule has 1 atom stereocenters. The highest BCUT2D eigenvalue weighted by atomic mass is 16.5. The van der Waals surface area contributed by atoms with Gasteiger partial charge in [0.15, 0.2) is 0 Å². The number of amides is 1. The van der Waals surface area contributed by atoms with Gasteiger partial charge >= 0.3 is 0 Å². The number of piperidine rings is 1. The number of rotatable bonds is 3. The molecule has 5 nitrogen and oxygen atoms in total. The van der Waals surface area contributed by atoms with Gasteiger partial charge in [-0.15, -0.1) is 0 Å². The first kappa shape index (κ1) is 14.6. The van der Waals surface area contributed by atoms with E-state index in [4.69, 9.17) is 4.74 Å². The Hall–Kier alpha value is -2.30. The average Bonchev–Trinajstić information content (AvgIpc) is 2.53. The Morgan fingerprint density at radius 3 is 3.05 bits per heavy atom. The van der Waals surface area contributed by atoms with E-state index in [0.717, 1.165) is 48.3 Å². The van der Waals surface area contributed by atoms with Gasteiger partial charge in [0, 0.05) is 43.3 Å². The van der Waals surface area contributed by atoms with E-state index in [9.17, 15) is 4.79 Å². The van der Waals surface area contributed by atoms with Crippen LogP contribution in [0.2, 0.25) is 0 Å². The zero-order valence-corrected chi connectivity index (χ0v) is 13.0. The number of ether oxygens (including phenoxy) is 1. The summed E-state index contributed by atoms with van der Waals surface area (Å²) < 4.78 is 5.34. The largest absolute Gasteiger partial charge is 0.497 e. The lowest BCUT2D eigenvalue weighted by Gasteiger charge is -2.35. The van der Waals surface area contributed by atoms with E-state index in [1.807, 2.05) is 30.5 Å². The fourth-order valence-corrected chi connectivity index (χ4v) is 3.11. The third-order valence-electron chi connectivity index (χ3n) is 4.10. The van der Waals surface area contributed by atoms with Gasteiger partial charge in [0.1, 0.15) is 5.75 Å². The highest BCUT2D eigenvalue weighted by molar-refractivity contribution is 5.92. The first-order chi connectivity index (χ1) is 10.7. The van der Waals surface area contributed by atoms with E-state index in [1.165, 1.54) is 0 Å². The van der Waals surface area contributed by atoms with Crippen molar-refractivity contribution in [3.05, 3.63) is 30.5 Å². The second-order valence-corrected chi connectivity index (χ2v) is 5.70. The summed E-state index contributed by atoms with van der Waals surface area (Å²) in [6.45, 7) is 3.40. The van der Waals surface area contributed by atoms with Gasteiger partial charge in [-0.1, -0.05) is 0 Å². The smallest absolute Gasteiger partial charge is 0.217 e. The van der Waals surface area contributed by atoms with Crippen molar-refractivity contribution in [3.8, 4) is 5.75 Å². The summed E-state index contributed by atoms with van der Waals surface area (Å²) in [4.78, 5) is 18.0. The molecule has 1 unspecified atom stereocenters. The maximum atomic E-state index is 11.3. The van der Waals surface area contributed by atoms with Crippen LogP contribution in [0.25, 0.3) is 10.9 Å². The summed E-state index contributed by atoms with van der Waals surface area (Å²) in [5, 5.41) is 4.12. The van der Waals surface area contributed by atoms with Gasteiger partial charge < -0.3 is 15.0 Å². The minimum Gasteiger partial charge on any atom is -0.497 e. The predicted octanol–water partition coefficient (Wildman–Crippen LogP) is 2.35. The van der Waals surface area contributed by atoms with Crippen LogP contribution in [-0.4, -0.2) is 37.1 Å². The molecule has 1 aromatic heterocycles. The van der Waals surface area contributed by atoms with Gasteiger partial charge in [-0.3, -0.25) is 9.78 Å². The van der Waals surface area contributed by atoms with E-state index in [0.29, 0.717) is 0 Å². The van der Waals surface area contributed by atoms with Crippen LogP contribution in [0.5, 0.6) is 5.75 Å². The van der Waals surface area contributed by atoms with Gasteiger partial charge in [0.25, 0.3) is 0 Å². The Labute approximate surface area is 130 Å². The topological polar surface area (TPSA) is 54.5 Å². The van der Waals surface area contributed by atoms with Crippen LogP contribution in [0.1, 0.15) is 19.8 Å². The number of anilines is 1. The molecule has 1 saturated heterocycles. The third-order valence-corrected chi connectivity index (χ3v) is 4.10. The lowest BCUT2D eigenvalue weighted by Crippen LogP contribution is -2.47. The molecule has 3 rings (SSSR count). The maximum Gasteiger partial charge on any atom is 0.217 e. The molecule has 0 bridgehead atoms. The minimum absolute atomic E-state index is 0.0353. The van der Waals surface area contributed by atoms with Crippen molar-refractivity contribution >= 4 is 22.5 Å². The zero-order valence-electron chi connectivity index (χ0n) is 13.0. The van der Waals surface area contributed by atoms with Crippen molar-refractivity contribution in [1.29, 1.82) is 0 Å². The van der Waals surface area contributed by atoms with Crippen LogP contribution in [0.4, 0.5) is 5.69 Å². The molecule has 2 aromatic rings.